The fraction of sp³-hybridized carbons (Fsp3) is 0.0952. The number of amides is 2. The first-order chi connectivity index (χ1) is 13.5. The minimum absolute atomic E-state index is 0.0409. The summed E-state index contributed by atoms with van der Waals surface area (Å²) in [6.07, 6.45) is 4.66. The van der Waals surface area contributed by atoms with Crippen molar-refractivity contribution in [3.63, 3.8) is 0 Å². The number of hydrogen-bond donors (Lipinski definition) is 1. The highest BCUT2D eigenvalue weighted by Crippen LogP contribution is 2.24. The molecular formula is C21H14N4O3. The highest BCUT2D eigenvalue weighted by atomic mass is 16.2. The van der Waals surface area contributed by atoms with Crippen LogP contribution in [0.15, 0.2) is 54.4 Å². The first kappa shape index (κ1) is 17.4. The molecule has 3 heterocycles. The van der Waals surface area contributed by atoms with Crippen LogP contribution in [0.5, 0.6) is 0 Å². The van der Waals surface area contributed by atoms with E-state index in [9.17, 15) is 14.4 Å². The van der Waals surface area contributed by atoms with Crippen molar-refractivity contribution < 1.29 is 14.4 Å². The lowest BCUT2D eigenvalue weighted by atomic mass is 10.0. The number of ketones is 1. The van der Waals surface area contributed by atoms with Crippen LogP contribution in [-0.2, 0) is 20.9 Å². The molecule has 2 amide bonds. The zero-order valence-corrected chi connectivity index (χ0v) is 14.7. The number of aromatic nitrogens is 2. The van der Waals surface area contributed by atoms with E-state index in [1.54, 1.807) is 24.4 Å². The third-order valence-corrected chi connectivity index (χ3v) is 4.52. The molecule has 0 unspecified atom stereocenters. The molecule has 0 spiro atoms. The topological polar surface area (TPSA) is 105 Å². The summed E-state index contributed by atoms with van der Waals surface area (Å²) in [6, 6.07) is 13.0. The van der Waals surface area contributed by atoms with Gasteiger partial charge in [0, 0.05) is 29.9 Å². The number of imide groups is 1. The van der Waals surface area contributed by atoms with E-state index in [0.29, 0.717) is 23.3 Å². The van der Waals surface area contributed by atoms with E-state index in [2.05, 4.69) is 16.4 Å². The van der Waals surface area contributed by atoms with Crippen molar-refractivity contribution in [1.82, 2.24) is 14.9 Å². The molecule has 1 aliphatic heterocycles. The molecule has 0 radical (unpaired) electrons. The van der Waals surface area contributed by atoms with Gasteiger partial charge in [0.05, 0.1) is 23.6 Å². The number of fused-ring (bicyclic) bond motifs is 1. The smallest absolute Gasteiger partial charge is 0.261 e. The molecule has 0 bridgehead atoms. The van der Waals surface area contributed by atoms with Gasteiger partial charge in [0.25, 0.3) is 5.91 Å². The maximum atomic E-state index is 12.1. The van der Waals surface area contributed by atoms with Gasteiger partial charge in [-0.25, -0.2) is 4.98 Å². The Kier molecular flexibility index (Phi) is 4.30. The van der Waals surface area contributed by atoms with Gasteiger partial charge in [-0.3, -0.25) is 19.7 Å². The van der Waals surface area contributed by atoms with Gasteiger partial charge < -0.3 is 4.57 Å². The molecule has 3 aromatic rings. The van der Waals surface area contributed by atoms with Crippen molar-refractivity contribution in [3.05, 3.63) is 71.1 Å². The van der Waals surface area contributed by atoms with Gasteiger partial charge in [-0.2, -0.15) is 5.26 Å². The van der Waals surface area contributed by atoms with Crippen LogP contribution in [0.1, 0.15) is 23.1 Å². The van der Waals surface area contributed by atoms with Crippen LogP contribution in [0, 0.1) is 11.3 Å². The molecule has 7 heteroatoms. The maximum Gasteiger partial charge on any atom is 0.261 e. The van der Waals surface area contributed by atoms with Gasteiger partial charge in [-0.05, 0) is 35.9 Å². The molecule has 0 saturated carbocycles. The second-order valence-electron chi connectivity index (χ2n) is 6.43. The molecular weight excluding hydrogens is 356 g/mol. The van der Waals surface area contributed by atoms with Gasteiger partial charge in [0.2, 0.25) is 5.91 Å². The number of nitrogens with one attached hydrogen (secondary N) is 1. The molecule has 1 aliphatic rings. The number of rotatable bonds is 3. The summed E-state index contributed by atoms with van der Waals surface area (Å²) in [5, 5.41) is 11.9. The van der Waals surface area contributed by atoms with E-state index in [-0.39, 0.29) is 12.0 Å². The molecule has 28 heavy (non-hydrogen) atoms. The lowest BCUT2D eigenvalue weighted by Crippen LogP contribution is -2.40. The van der Waals surface area contributed by atoms with Crippen LogP contribution in [0.4, 0.5) is 0 Å². The predicted molar refractivity (Wildman–Crippen MR) is 101 cm³/mol. The third kappa shape index (κ3) is 3.19. The number of nitriles is 1. The third-order valence-electron chi connectivity index (χ3n) is 4.52. The first-order valence-corrected chi connectivity index (χ1v) is 8.57. The average Bonchev–Trinajstić information content (AvgIpc) is 3.03. The summed E-state index contributed by atoms with van der Waals surface area (Å²) in [6.45, 7) is 0.515. The molecule has 1 N–H and O–H groups in total. The highest BCUT2D eigenvalue weighted by Gasteiger charge is 2.28. The predicted octanol–water partition coefficient (Wildman–Crippen LogP) is 1.96. The molecule has 2 aromatic heterocycles. The summed E-state index contributed by atoms with van der Waals surface area (Å²) in [5.74, 6) is -1.76. The SMILES string of the molecule is N#Cc1ccc(Cn2cc(/C=C3/C(=O)CC(=O)NC3=O)c3cccnc32)cc1. The van der Waals surface area contributed by atoms with E-state index in [0.717, 1.165) is 10.9 Å². The second kappa shape index (κ2) is 6.93. The number of carbonyl (C=O) groups excluding carboxylic acids is 3. The minimum atomic E-state index is -0.682. The van der Waals surface area contributed by atoms with Gasteiger partial charge in [0.1, 0.15) is 5.65 Å². The number of nitrogens with zero attached hydrogens (tertiary/aromatic N) is 3. The Hall–Kier alpha value is -4.05. The van der Waals surface area contributed by atoms with E-state index < -0.39 is 17.6 Å². The number of piperidine rings is 1. The van der Waals surface area contributed by atoms with Gasteiger partial charge >= 0.3 is 0 Å². The Bertz CT molecular complexity index is 1170. The Morgan fingerprint density at radius 1 is 1.18 bits per heavy atom. The van der Waals surface area contributed by atoms with Crippen molar-refractivity contribution in [1.29, 1.82) is 5.26 Å². The quantitative estimate of drug-likeness (QED) is 0.328. The summed E-state index contributed by atoms with van der Waals surface area (Å²) in [7, 11) is 0. The lowest BCUT2D eigenvalue weighted by molar-refractivity contribution is -0.134. The zero-order chi connectivity index (χ0) is 19.7. The summed E-state index contributed by atoms with van der Waals surface area (Å²) in [4.78, 5) is 39.9. The van der Waals surface area contributed by atoms with Crippen LogP contribution < -0.4 is 5.32 Å². The van der Waals surface area contributed by atoms with Crippen LogP contribution in [0.3, 0.4) is 0 Å². The Morgan fingerprint density at radius 3 is 2.68 bits per heavy atom. The number of pyridine rings is 1. The maximum absolute atomic E-state index is 12.1. The zero-order valence-electron chi connectivity index (χ0n) is 14.7. The van der Waals surface area contributed by atoms with Gasteiger partial charge in [0.15, 0.2) is 5.78 Å². The second-order valence-corrected chi connectivity index (χ2v) is 6.43. The number of benzene rings is 1. The summed E-state index contributed by atoms with van der Waals surface area (Å²) in [5.41, 5.74) is 2.91. The molecule has 7 nitrogen and oxygen atoms in total. The molecule has 1 fully saturated rings. The van der Waals surface area contributed by atoms with Crippen molar-refractivity contribution >= 4 is 34.7 Å². The van der Waals surface area contributed by atoms with Gasteiger partial charge in [-0.1, -0.05) is 12.1 Å². The molecule has 1 saturated heterocycles. The highest BCUT2D eigenvalue weighted by molar-refractivity contribution is 6.32. The van der Waals surface area contributed by atoms with Crippen LogP contribution in [0.2, 0.25) is 0 Å². The fourth-order valence-electron chi connectivity index (χ4n) is 3.17. The van der Waals surface area contributed by atoms with Crippen molar-refractivity contribution in [2.45, 2.75) is 13.0 Å². The number of carbonyl (C=O) groups is 3. The van der Waals surface area contributed by atoms with E-state index in [1.807, 2.05) is 29.0 Å². The Labute approximate surface area is 159 Å². The van der Waals surface area contributed by atoms with Crippen LogP contribution in [0.25, 0.3) is 17.1 Å². The summed E-state index contributed by atoms with van der Waals surface area (Å²) < 4.78 is 1.92. The normalized spacial score (nSPS) is 15.7. The monoisotopic (exact) mass is 370 g/mol. The Morgan fingerprint density at radius 2 is 1.96 bits per heavy atom. The van der Waals surface area contributed by atoms with Crippen LogP contribution >= 0.6 is 0 Å². The van der Waals surface area contributed by atoms with Crippen LogP contribution in [-0.4, -0.2) is 27.1 Å². The molecule has 1 aromatic carbocycles. The molecule has 136 valence electrons. The molecule has 4 rings (SSSR count). The van der Waals surface area contributed by atoms with E-state index in [1.165, 1.54) is 6.08 Å². The standard InChI is InChI=1S/C21H14N4O3/c22-10-13-3-5-14(6-4-13)11-25-12-15(16-2-1-7-23-20(16)25)8-17-18(26)9-19(27)24-21(17)28/h1-8,12H,9,11H2,(H,24,27,28)/b17-8-. The number of Topliss-reactive ketones (excluding diaryl/α,β-unsaturated/α-hetero) is 1. The Balaban J connectivity index is 1.75. The van der Waals surface area contributed by atoms with Gasteiger partial charge in [-0.15, -0.1) is 0 Å². The van der Waals surface area contributed by atoms with Crippen molar-refractivity contribution in [2.24, 2.45) is 0 Å². The average molecular weight is 370 g/mol. The van der Waals surface area contributed by atoms with Crippen molar-refractivity contribution in [2.75, 3.05) is 0 Å². The van der Waals surface area contributed by atoms with E-state index >= 15 is 0 Å². The minimum Gasteiger partial charge on any atom is -0.327 e. The molecule has 0 atom stereocenters. The fourth-order valence-corrected chi connectivity index (χ4v) is 3.17. The first-order valence-electron chi connectivity index (χ1n) is 8.57. The molecule has 0 aliphatic carbocycles. The van der Waals surface area contributed by atoms with Crippen molar-refractivity contribution in [3.8, 4) is 6.07 Å². The largest absolute Gasteiger partial charge is 0.327 e. The van der Waals surface area contributed by atoms with E-state index in [4.69, 9.17) is 5.26 Å². The summed E-state index contributed by atoms with van der Waals surface area (Å²) >= 11 is 0. The number of hydrogen-bond acceptors (Lipinski definition) is 5. The lowest BCUT2D eigenvalue weighted by Gasteiger charge is -2.12.